The van der Waals surface area contributed by atoms with Crippen molar-refractivity contribution in [2.75, 3.05) is 5.75 Å². The van der Waals surface area contributed by atoms with Gasteiger partial charge in [0.05, 0.1) is 0 Å². The van der Waals surface area contributed by atoms with Gasteiger partial charge in [-0.2, -0.15) is 11.8 Å². The van der Waals surface area contributed by atoms with Crippen molar-refractivity contribution in [2.24, 2.45) is 11.6 Å². The minimum atomic E-state index is -1.32. The zero-order valence-corrected chi connectivity index (χ0v) is 13.5. The number of nitrogens with one attached hydrogen (secondary N) is 1. The highest BCUT2D eigenvalue weighted by Crippen LogP contribution is 2.16. The van der Waals surface area contributed by atoms with E-state index in [2.05, 4.69) is 18.8 Å². The van der Waals surface area contributed by atoms with E-state index in [-0.39, 0.29) is 10.7 Å². The van der Waals surface area contributed by atoms with Crippen LogP contribution in [0.2, 0.25) is 0 Å². The number of thiazole rings is 1. The van der Waals surface area contributed by atoms with E-state index in [0.29, 0.717) is 11.7 Å². The Balaban J connectivity index is 2.60. The van der Waals surface area contributed by atoms with Crippen molar-refractivity contribution in [3.05, 3.63) is 16.1 Å². The van der Waals surface area contributed by atoms with Gasteiger partial charge in [0.15, 0.2) is 5.01 Å². The van der Waals surface area contributed by atoms with Crippen LogP contribution in [0, 0.1) is 0 Å². The molecule has 0 aromatic carbocycles. The molecule has 0 radical (unpaired) electrons. The topological polar surface area (TPSA) is 131 Å². The predicted octanol–water partition coefficient (Wildman–Crippen LogP) is 0.149. The van der Waals surface area contributed by atoms with Crippen LogP contribution >= 0.6 is 23.1 Å². The quantitative estimate of drug-likeness (QED) is 0.230. The fourth-order valence-electron chi connectivity index (χ4n) is 1.48. The summed E-state index contributed by atoms with van der Waals surface area (Å²) < 4.78 is 0. The molecular weight excluding hydrogens is 312 g/mol. The van der Waals surface area contributed by atoms with Crippen molar-refractivity contribution in [1.29, 1.82) is 0 Å². The number of rotatable bonds is 8. The molecule has 118 valence electrons. The highest BCUT2D eigenvalue weighted by molar-refractivity contribution is 7.99. The van der Waals surface area contributed by atoms with E-state index < -0.39 is 23.8 Å². The lowest BCUT2D eigenvalue weighted by Gasteiger charge is -2.17. The molecule has 0 aliphatic heterocycles. The minimum absolute atomic E-state index is 0.0435. The maximum atomic E-state index is 12.1. The van der Waals surface area contributed by atoms with Crippen molar-refractivity contribution in [2.45, 2.75) is 37.7 Å². The zero-order chi connectivity index (χ0) is 16.0. The number of nitrogens with two attached hydrogens (primary N) is 2. The van der Waals surface area contributed by atoms with Gasteiger partial charge in [0.25, 0.3) is 5.91 Å². The normalized spacial score (nSPS) is 14.0. The molecule has 1 rings (SSSR count). The third-order valence-electron chi connectivity index (χ3n) is 2.66. The highest BCUT2D eigenvalue weighted by Gasteiger charge is 2.27. The summed E-state index contributed by atoms with van der Waals surface area (Å²) in [7, 11) is 0. The van der Waals surface area contributed by atoms with E-state index in [1.54, 1.807) is 11.8 Å². The summed E-state index contributed by atoms with van der Waals surface area (Å²) in [5.41, 5.74) is 7.80. The Labute approximate surface area is 131 Å². The number of nitrogen functional groups attached to an aromatic ring is 1. The highest BCUT2D eigenvalue weighted by atomic mass is 32.2. The van der Waals surface area contributed by atoms with Crippen LogP contribution in [0.3, 0.4) is 0 Å². The smallest absolute Gasteiger partial charge is 0.284 e. The van der Waals surface area contributed by atoms with Crippen molar-refractivity contribution >= 4 is 34.8 Å². The van der Waals surface area contributed by atoms with Crippen LogP contribution in [0.15, 0.2) is 5.38 Å². The average molecular weight is 332 g/mol. The van der Waals surface area contributed by atoms with Gasteiger partial charge in [-0.15, -0.1) is 11.3 Å². The average Bonchev–Trinajstić information content (AvgIpc) is 2.94. The van der Waals surface area contributed by atoms with E-state index in [4.69, 9.17) is 11.6 Å². The molecule has 1 amide bonds. The van der Waals surface area contributed by atoms with Gasteiger partial charge in [-0.3, -0.25) is 15.0 Å². The molecule has 0 spiro atoms. The molecule has 0 saturated carbocycles. The molecule has 0 bridgehead atoms. The summed E-state index contributed by atoms with van der Waals surface area (Å²) in [6.45, 7) is 4.13. The van der Waals surface area contributed by atoms with E-state index in [1.807, 2.05) is 5.43 Å². The summed E-state index contributed by atoms with van der Waals surface area (Å²) >= 11 is 2.69. The molecule has 9 heteroatoms. The number of ketones is 1. The first kappa shape index (κ1) is 18.1. The number of hydrazine groups is 1. The molecule has 2 atom stereocenters. The largest absolute Gasteiger partial charge is 0.383 e. The maximum Gasteiger partial charge on any atom is 0.284 e. The lowest BCUT2D eigenvalue weighted by molar-refractivity contribution is 0.0691. The van der Waals surface area contributed by atoms with E-state index >= 15 is 0 Å². The lowest BCUT2D eigenvalue weighted by Crippen LogP contribution is -2.41. The monoisotopic (exact) mass is 332 g/mol. The number of aliphatic hydroxyl groups excluding tert-OH is 1. The number of hydrogen-bond donors (Lipinski definition) is 4. The minimum Gasteiger partial charge on any atom is -0.383 e. The number of aromatic nitrogens is 1. The van der Waals surface area contributed by atoms with Gasteiger partial charge in [0, 0.05) is 11.4 Å². The Bertz CT molecular complexity index is 493. The van der Waals surface area contributed by atoms with Crippen LogP contribution in [0.1, 0.15) is 40.6 Å². The Hall–Kier alpha value is -1.00. The predicted molar refractivity (Wildman–Crippen MR) is 84.3 cm³/mol. The van der Waals surface area contributed by atoms with Gasteiger partial charge in [0.1, 0.15) is 11.8 Å². The van der Waals surface area contributed by atoms with Crippen LogP contribution < -0.4 is 17.0 Å². The van der Waals surface area contributed by atoms with Crippen molar-refractivity contribution in [3.63, 3.8) is 0 Å². The molecule has 21 heavy (non-hydrogen) atoms. The molecule has 0 aliphatic rings. The second-order valence-electron chi connectivity index (χ2n) is 4.69. The van der Waals surface area contributed by atoms with Crippen LogP contribution in [0.5, 0.6) is 0 Å². The third kappa shape index (κ3) is 5.36. The molecule has 1 aromatic rings. The Kier molecular flexibility index (Phi) is 7.26. The number of carbonyl (C=O) groups excluding carboxylic acids is 2. The first-order valence-electron chi connectivity index (χ1n) is 6.42. The second-order valence-corrected chi connectivity index (χ2v) is 7.24. The summed E-state index contributed by atoms with van der Waals surface area (Å²) in [4.78, 5) is 27.2. The van der Waals surface area contributed by atoms with Gasteiger partial charge in [-0.05, 0) is 17.4 Å². The van der Waals surface area contributed by atoms with Gasteiger partial charge < -0.3 is 10.8 Å². The number of Topliss-reactive ketones (excluding diaryl/α,β-unsaturated/α-hetero) is 1. The van der Waals surface area contributed by atoms with E-state index in [9.17, 15) is 14.7 Å². The molecular formula is C12H20N4O3S2. The van der Waals surface area contributed by atoms with E-state index in [0.717, 1.165) is 17.1 Å². The number of carbonyl (C=O) groups is 2. The molecule has 0 aliphatic carbocycles. The van der Waals surface area contributed by atoms with E-state index in [1.165, 1.54) is 5.38 Å². The SMILES string of the molecule is CC(C)SCC[C@@H](N)C(O)C(=O)c1nc(C(=O)NN)cs1. The van der Waals surface area contributed by atoms with Crippen LogP contribution in [0.4, 0.5) is 0 Å². The fourth-order valence-corrected chi connectivity index (χ4v) is 3.13. The van der Waals surface area contributed by atoms with Crippen molar-refractivity contribution < 1.29 is 14.7 Å². The molecule has 6 N–H and O–H groups in total. The van der Waals surface area contributed by atoms with Crippen LogP contribution in [-0.2, 0) is 0 Å². The Morgan fingerprint density at radius 1 is 1.52 bits per heavy atom. The first-order chi connectivity index (χ1) is 9.86. The van der Waals surface area contributed by atoms with Crippen molar-refractivity contribution in [1.82, 2.24) is 10.4 Å². The van der Waals surface area contributed by atoms with Crippen LogP contribution in [0.25, 0.3) is 0 Å². The fraction of sp³-hybridized carbons (Fsp3) is 0.583. The molecule has 0 fully saturated rings. The number of thioether (sulfide) groups is 1. The molecule has 1 unspecified atom stereocenters. The number of aliphatic hydroxyl groups is 1. The van der Waals surface area contributed by atoms with Crippen molar-refractivity contribution in [3.8, 4) is 0 Å². The maximum absolute atomic E-state index is 12.1. The number of amides is 1. The van der Waals surface area contributed by atoms with Gasteiger partial charge in [0.2, 0.25) is 5.78 Å². The zero-order valence-electron chi connectivity index (χ0n) is 11.9. The van der Waals surface area contributed by atoms with Crippen LogP contribution in [-0.4, -0.2) is 44.9 Å². The Morgan fingerprint density at radius 3 is 2.76 bits per heavy atom. The summed E-state index contributed by atoms with van der Waals surface area (Å²) in [6.07, 6.45) is -0.797. The number of nitrogens with zero attached hydrogens (tertiary/aromatic N) is 1. The van der Waals surface area contributed by atoms with Gasteiger partial charge >= 0.3 is 0 Å². The number of hydrogen-bond acceptors (Lipinski definition) is 8. The summed E-state index contributed by atoms with van der Waals surface area (Å²) in [5, 5.41) is 11.9. The standard InChI is InChI=1S/C12H20N4O3S2/c1-6(2)20-4-3-7(13)9(17)10(18)12-15-8(5-21-12)11(19)16-14/h5-7,9,17H,3-4,13-14H2,1-2H3,(H,16,19)/t7-,9?/m1/s1. The molecule has 1 aromatic heterocycles. The molecule has 1 heterocycles. The second kappa shape index (κ2) is 8.44. The molecule has 0 saturated heterocycles. The molecule has 7 nitrogen and oxygen atoms in total. The summed E-state index contributed by atoms with van der Waals surface area (Å²) in [6, 6.07) is -0.653. The lowest BCUT2D eigenvalue weighted by atomic mass is 10.1. The summed E-state index contributed by atoms with van der Waals surface area (Å²) in [5.74, 6) is 4.59. The third-order valence-corrected chi connectivity index (χ3v) is 4.65. The Morgan fingerprint density at radius 2 is 2.19 bits per heavy atom. The first-order valence-corrected chi connectivity index (χ1v) is 8.35. The van der Waals surface area contributed by atoms with Gasteiger partial charge in [-0.1, -0.05) is 13.8 Å². The van der Waals surface area contributed by atoms with Gasteiger partial charge in [-0.25, -0.2) is 10.8 Å².